The summed E-state index contributed by atoms with van der Waals surface area (Å²) in [5.41, 5.74) is 0. The van der Waals surface area contributed by atoms with Crippen LogP contribution in [0.1, 0.15) is 25.7 Å². The molecule has 2 heteroatoms. The summed E-state index contributed by atoms with van der Waals surface area (Å²) in [6.45, 7) is 1.08. The van der Waals surface area contributed by atoms with Gasteiger partial charge in [0.05, 0.1) is 0 Å². The van der Waals surface area contributed by atoms with Gasteiger partial charge in [0.1, 0.15) is 0 Å². The van der Waals surface area contributed by atoms with Crippen LogP contribution in [0, 0.1) is 0 Å². The summed E-state index contributed by atoms with van der Waals surface area (Å²) in [6.07, 6.45) is 5.64. The summed E-state index contributed by atoms with van der Waals surface area (Å²) in [6, 6.07) is 0. The van der Waals surface area contributed by atoms with Crippen molar-refractivity contribution in [2.75, 3.05) is 6.61 Å². The second-order valence-corrected chi connectivity index (χ2v) is 5.23. The first-order valence-corrected chi connectivity index (χ1v) is 6.53. The van der Waals surface area contributed by atoms with Crippen molar-refractivity contribution in [3.05, 3.63) is 0 Å². The molecule has 1 fully saturated rings. The van der Waals surface area contributed by atoms with Crippen LogP contribution < -0.4 is 0 Å². The predicted molar refractivity (Wildman–Crippen MR) is 35.0 cm³/mol. The van der Waals surface area contributed by atoms with Gasteiger partial charge in [0, 0.05) is 0 Å². The second-order valence-electron chi connectivity index (χ2n) is 2.16. The maximum atomic E-state index is 5.44. The average Bonchev–Trinajstić information content (AvgIpc) is 1.62. The minimum absolute atomic E-state index is 0.283. The molecular weight excluding hydrogens is 207 g/mol. The molecule has 1 nitrogen and oxygen atoms in total. The molecule has 1 heterocycles. The van der Waals surface area contributed by atoms with Crippen LogP contribution in [0.15, 0.2) is 0 Å². The molecule has 0 saturated carbocycles. The van der Waals surface area contributed by atoms with E-state index in [2.05, 4.69) is 0 Å². The van der Waals surface area contributed by atoms with Gasteiger partial charge in [0.15, 0.2) is 0 Å². The molecule has 1 saturated heterocycles. The van der Waals surface area contributed by atoms with Crippen molar-refractivity contribution >= 4 is 21.6 Å². The summed E-state index contributed by atoms with van der Waals surface area (Å²) >= 11 is -0.283. The third kappa shape index (κ3) is 2.92. The third-order valence-electron chi connectivity index (χ3n) is 1.38. The number of hydrogen-bond acceptors (Lipinski definition) is 1. The molecular formula is C6H12OSn. The molecule has 8 heavy (non-hydrogen) atoms. The zero-order valence-electron chi connectivity index (χ0n) is 5.15. The van der Waals surface area contributed by atoms with Crippen molar-refractivity contribution in [2.45, 2.75) is 30.1 Å². The Morgan fingerprint density at radius 2 is 1.88 bits per heavy atom. The predicted octanol–water partition coefficient (Wildman–Crippen LogP) is 1.61. The molecule has 0 amide bonds. The van der Waals surface area contributed by atoms with Crippen LogP contribution in [-0.2, 0) is 3.07 Å². The summed E-state index contributed by atoms with van der Waals surface area (Å²) in [7, 11) is 0. The van der Waals surface area contributed by atoms with Crippen LogP contribution in [0.25, 0.3) is 0 Å². The molecule has 0 N–H and O–H groups in total. The fourth-order valence-corrected chi connectivity index (χ4v) is 3.23. The van der Waals surface area contributed by atoms with Gasteiger partial charge < -0.3 is 0 Å². The maximum absolute atomic E-state index is 5.44. The van der Waals surface area contributed by atoms with Crippen LogP contribution in [0.5, 0.6) is 0 Å². The molecule has 0 aliphatic carbocycles. The van der Waals surface area contributed by atoms with Gasteiger partial charge in [0.25, 0.3) is 0 Å². The van der Waals surface area contributed by atoms with E-state index < -0.39 is 0 Å². The van der Waals surface area contributed by atoms with Crippen molar-refractivity contribution in [1.82, 2.24) is 0 Å². The SMILES string of the molecule is C1CC[CH2][Sn][O]CC1. The molecule has 1 aliphatic rings. The normalized spacial score (nSPS) is 24.0. The Balaban J connectivity index is 2.00. The molecule has 0 aromatic rings. The number of hydrogen-bond donors (Lipinski definition) is 0. The third-order valence-corrected chi connectivity index (χ3v) is 4.13. The van der Waals surface area contributed by atoms with Gasteiger partial charge in [-0.1, -0.05) is 0 Å². The standard InChI is InChI=1S/C6H12O.Sn/c1-2-3-4-5-6-7;/h1-6H2;/q-1;+1. The molecule has 2 radical (unpaired) electrons. The average molecular weight is 219 g/mol. The summed E-state index contributed by atoms with van der Waals surface area (Å²) in [5.74, 6) is 0. The fourth-order valence-electron chi connectivity index (χ4n) is 0.869. The summed E-state index contributed by atoms with van der Waals surface area (Å²) in [5, 5.41) is 0. The Kier molecular flexibility index (Phi) is 3.97. The summed E-state index contributed by atoms with van der Waals surface area (Å²) < 4.78 is 6.89. The Bertz CT molecular complexity index is 32.5. The molecule has 0 atom stereocenters. The zero-order chi connectivity index (χ0) is 5.66. The van der Waals surface area contributed by atoms with Gasteiger partial charge in [0.2, 0.25) is 0 Å². The van der Waals surface area contributed by atoms with Crippen LogP contribution in [0.4, 0.5) is 0 Å². The van der Waals surface area contributed by atoms with E-state index in [4.69, 9.17) is 3.07 Å². The monoisotopic (exact) mass is 220 g/mol. The molecule has 0 unspecified atom stereocenters. The molecule has 0 aromatic carbocycles. The van der Waals surface area contributed by atoms with Crippen molar-refractivity contribution < 1.29 is 3.07 Å². The first-order chi connectivity index (χ1) is 4.00. The van der Waals surface area contributed by atoms with E-state index >= 15 is 0 Å². The van der Waals surface area contributed by atoms with Crippen LogP contribution in [-0.4, -0.2) is 28.2 Å². The summed E-state index contributed by atoms with van der Waals surface area (Å²) in [4.78, 5) is 0. The molecule has 1 aliphatic heterocycles. The van der Waals surface area contributed by atoms with Gasteiger partial charge >= 0.3 is 61.4 Å². The van der Waals surface area contributed by atoms with Crippen LogP contribution in [0.2, 0.25) is 4.44 Å². The first kappa shape index (κ1) is 6.87. The van der Waals surface area contributed by atoms with E-state index in [0.717, 1.165) is 6.61 Å². The van der Waals surface area contributed by atoms with Crippen LogP contribution >= 0.6 is 0 Å². The quantitative estimate of drug-likeness (QED) is 0.562. The minimum atomic E-state index is -0.283. The van der Waals surface area contributed by atoms with E-state index in [0.29, 0.717) is 0 Å². The van der Waals surface area contributed by atoms with E-state index in [9.17, 15) is 0 Å². The topological polar surface area (TPSA) is 9.23 Å². The van der Waals surface area contributed by atoms with Gasteiger partial charge in [-0.15, -0.1) is 0 Å². The Labute approximate surface area is 61.6 Å². The van der Waals surface area contributed by atoms with E-state index in [1.54, 1.807) is 0 Å². The Morgan fingerprint density at radius 3 is 2.88 bits per heavy atom. The van der Waals surface area contributed by atoms with Crippen molar-refractivity contribution in [3.63, 3.8) is 0 Å². The van der Waals surface area contributed by atoms with Crippen molar-refractivity contribution in [2.24, 2.45) is 0 Å². The van der Waals surface area contributed by atoms with E-state index in [1.807, 2.05) is 0 Å². The molecule has 0 bridgehead atoms. The molecule has 0 aromatic heterocycles. The molecule has 46 valence electrons. The second kappa shape index (κ2) is 4.62. The van der Waals surface area contributed by atoms with Gasteiger partial charge in [-0.05, 0) is 0 Å². The van der Waals surface area contributed by atoms with E-state index in [-0.39, 0.29) is 21.6 Å². The van der Waals surface area contributed by atoms with Crippen LogP contribution in [0.3, 0.4) is 0 Å². The van der Waals surface area contributed by atoms with Gasteiger partial charge in [-0.2, -0.15) is 0 Å². The number of rotatable bonds is 0. The van der Waals surface area contributed by atoms with E-state index in [1.165, 1.54) is 30.1 Å². The molecule has 0 spiro atoms. The molecule has 1 rings (SSSR count). The Hall–Kier alpha value is 0.759. The Morgan fingerprint density at radius 1 is 1.00 bits per heavy atom. The van der Waals surface area contributed by atoms with Gasteiger partial charge in [-0.3, -0.25) is 0 Å². The zero-order valence-corrected chi connectivity index (χ0v) is 8.00. The fraction of sp³-hybridized carbons (Fsp3) is 1.00. The van der Waals surface area contributed by atoms with Crippen molar-refractivity contribution in [3.8, 4) is 0 Å². The first-order valence-electron chi connectivity index (χ1n) is 3.35. The van der Waals surface area contributed by atoms with Gasteiger partial charge in [-0.25, -0.2) is 0 Å². The van der Waals surface area contributed by atoms with Crippen molar-refractivity contribution in [1.29, 1.82) is 0 Å².